The summed E-state index contributed by atoms with van der Waals surface area (Å²) in [7, 11) is 4.13. The summed E-state index contributed by atoms with van der Waals surface area (Å²) < 4.78 is 5.73. The highest BCUT2D eigenvalue weighted by molar-refractivity contribution is 8.00. The zero-order chi connectivity index (χ0) is 16.9. The predicted molar refractivity (Wildman–Crippen MR) is 97.1 cm³/mol. The number of rotatable bonds is 5. The van der Waals surface area contributed by atoms with Crippen molar-refractivity contribution in [2.24, 2.45) is 5.92 Å². The van der Waals surface area contributed by atoms with E-state index in [2.05, 4.69) is 38.2 Å². The first-order valence-corrected chi connectivity index (χ1v) is 9.81. The Balaban J connectivity index is 1.92. The standard InChI is InChI=1S/C17H33N3O2S/c1-14(2)11-15(12-19(3)4)18-16(21)20-7-10-23-17(13-20)5-8-22-9-6-17/h14-15H,5-13H2,1-4H3,(H,18,21)/t15-/m0/s1. The maximum atomic E-state index is 12.8. The van der Waals surface area contributed by atoms with E-state index >= 15 is 0 Å². The summed E-state index contributed by atoms with van der Waals surface area (Å²) >= 11 is 2.04. The molecule has 2 aliphatic heterocycles. The predicted octanol–water partition coefficient (Wildman–Crippen LogP) is 2.27. The number of urea groups is 1. The fraction of sp³-hybridized carbons (Fsp3) is 0.941. The Morgan fingerprint density at radius 1 is 1.35 bits per heavy atom. The zero-order valence-electron chi connectivity index (χ0n) is 15.1. The van der Waals surface area contributed by atoms with Crippen molar-refractivity contribution in [1.82, 2.24) is 15.1 Å². The first kappa shape index (κ1) is 18.9. The van der Waals surface area contributed by atoms with Gasteiger partial charge in [0.25, 0.3) is 0 Å². The number of carbonyl (C=O) groups is 1. The SMILES string of the molecule is CC(C)C[C@@H](CN(C)C)NC(=O)N1CCSC2(CCOCC2)C1. The molecule has 1 N–H and O–H groups in total. The van der Waals surface area contributed by atoms with Crippen molar-refractivity contribution in [2.75, 3.05) is 52.7 Å². The molecule has 2 saturated heterocycles. The molecule has 0 aromatic carbocycles. The second-order valence-electron chi connectivity index (χ2n) is 7.60. The topological polar surface area (TPSA) is 44.8 Å². The Bertz CT molecular complexity index is 369. The average Bonchev–Trinajstić information content (AvgIpc) is 2.46. The monoisotopic (exact) mass is 343 g/mol. The maximum absolute atomic E-state index is 12.8. The summed E-state index contributed by atoms with van der Waals surface area (Å²) in [5, 5.41) is 3.28. The van der Waals surface area contributed by atoms with E-state index in [1.807, 2.05) is 16.7 Å². The molecule has 1 atom stereocenters. The fourth-order valence-electron chi connectivity index (χ4n) is 3.52. The van der Waals surface area contributed by atoms with Crippen LogP contribution in [0.1, 0.15) is 33.1 Å². The van der Waals surface area contributed by atoms with Gasteiger partial charge in [0.05, 0.1) is 0 Å². The molecule has 0 aromatic rings. The lowest BCUT2D eigenvalue weighted by molar-refractivity contribution is 0.0666. The van der Waals surface area contributed by atoms with Gasteiger partial charge >= 0.3 is 6.03 Å². The first-order valence-electron chi connectivity index (χ1n) is 8.82. The van der Waals surface area contributed by atoms with Gasteiger partial charge in [0.2, 0.25) is 0 Å². The van der Waals surface area contributed by atoms with Crippen LogP contribution in [0.15, 0.2) is 0 Å². The van der Waals surface area contributed by atoms with Gasteiger partial charge in [-0.05, 0) is 39.3 Å². The second kappa shape index (κ2) is 8.58. The van der Waals surface area contributed by atoms with Crippen LogP contribution in [0.5, 0.6) is 0 Å². The number of carbonyl (C=O) groups excluding carboxylic acids is 1. The van der Waals surface area contributed by atoms with Crippen molar-refractivity contribution >= 4 is 17.8 Å². The van der Waals surface area contributed by atoms with Crippen LogP contribution in [0.25, 0.3) is 0 Å². The minimum Gasteiger partial charge on any atom is -0.381 e. The number of nitrogens with one attached hydrogen (secondary N) is 1. The Kier molecular flexibility index (Phi) is 7.04. The van der Waals surface area contributed by atoms with Gasteiger partial charge in [-0.25, -0.2) is 4.79 Å². The number of amides is 2. The first-order chi connectivity index (χ1) is 10.9. The molecular weight excluding hydrogens is 310 g/mol. The van der Waals surface area contributed by atoms with E-state index in [1.165, 1.54) is 0 Å². The molecule has 5 nitrogen and oxygen atoms in total. The summed E-state index contributed by atoms with van der Waals surface area (Å²) in [4.78, 5) is 16.9. The van der Waals surface area contributed by atoms with Crippen molar-refractivity contribution in [2.45, 2.75) is 43.9 Å². The molecule has 0 bridgehead atoms. The molecule has 1 spiro atoms. The third-order valence-electron chi connectivity index (χ3n) is 4.61. The largest absolute Gasteiger partial charge is 0.381 e. The molecule has 2 rings (SSSR count). The summed E-state index contributed by atoms with van der Waals surface area (Å²) in [6.07, 6.45) is 3.15. The normalized spacial score (nSPS) is 22.6. The summed E-state index contributed by atoms with van der Waals surface area (Å²) in [6, 6.07) is 0.335. The van der Waals surface area contributed by atoms with Gasteiger partial charge in [-0.3, -0.25) is 0 Å². The minimum absolute atomic E-state index is 0.115. The van der Waals surface area contributed by atoms with E-state index in [0.717, 1.165) is 57.9 Å². The highest BCUT2D eigenvalue weighted by atomic mass is 32.2. The van der Waals surface area contributed by atoms with Gasteiger partial charge in [-0.2, -0.15) is 11.8 Å². The van der Waals surface area contributed by atoms with E-state index in [-0.39, 0.29) is 16.8 Å². The van der Waals surface area contributed by atoms with Gasteiger partial charge in [0, 0.05) is 49.4 Å². The lowest BCUT2D eigenvalue weighted by Crippen LogP contribution is -2.56. The Morgan fingerprint density at radius 3 is 2.65 bits per heavy atom. The van der Waals surface area contributed by atoms with Crippen LogP contribution in [0.3, 0.4) is 0 Å². The quantitative estimate of drug-likeness (QED) is 0.832. The summed E-state index contributed by atoms with van der Waals surface area (Å²) in [6.45, 7) is 8.70. The van der Waals surface area contributed by atoms with Crippen molar-refractivity contribution < 1.29 is 9.53 Å². The van der Waals surface area contributed by atoms with Crippen LogP contribution in [0.4, 0.5) is 4.79 Å². The van der Waals surface area contributed by atoms with Gasteiger partial charge in [0.1, 0.15) is 0 Å². The van der Waals surface area contributed by atoms with Crippen LogP contribution < -0.4 is 5.32 Å². The van der Waals surface area contributed by atoms with Crippen LogP contribution in [-0.4, -0.2) is 79.3 Å². The van der Waals surface area contributed by atoms with E-state index in [9.17, 15) is 4.79 Å². The molecule has 0 saturated carbocycles. The molecule has 0 aromatic heterocycles. The van der Waals surface area contributed by atoms with Gasteiger partial charge < -0.3 is 19.9 Å². The zero-order valence-corrected chi connectivity index (χ0v) is 16.0. The highest BCUT2D eigenvalue weighted by Gasteiger charge is 2.39. The van der Waals surface area contributed by atoms with Gasteiger partial charge in [-0.15, -0.1) is 0 Å². The lowest BCUT2D eigenvalue weighted by atomic mass is 9.98. The molecule has 0 aliphatic carbocycles. The second-order valence-corrected chi connectivity index (χ2v) is 9.17. The van der Waals surface area contributed by atoms with E-state index < -0.39 is 0 Å². The molecule has 0 radical (unpaired) electrons. The Labute approximate surface area is 145 Å². The molecule has 2 heterocycles. The molecular formula is C17H33N3O2S. The summed E-state index contributed by atoms with van der Waals surface area (Å²) in [5.74, 6) is 1.62. The number of ether oxygens (including phenoxy) is 1. The van der Waals surface area contributed by atoms with Crippen molar-refractivity contribution in [1.29, 1.82) is 0 Å². The number of hydrogen-bond acceptors (Lipinski definition) is 4. The maximum Gasteiger partial charge on any atom is 0.317 e. The van der Waals surface area contributed by atoms with Crippen LogP contribution in [0.2, 0.25) is 0 Å². The lowest BCUT2D eigenvalue weighted by Gasteiger charge is -2.44. The van der Waals surface area contributed by atoms with E-state index in [1.54, 1.807) is 0 Å². The number of hydrogen-bond donors (Lipinski definition) is 1. The average molecular weight is 344 g/mol. The molecule has 134 valence electrons. The molecule has 0 unspecified atom stereocenters. The van der Waals surface area contributed by atoms with E-state index in [0.29, 0.717) is 5.92 Å². The molecule has 23 heavy (non-hydrogen) atoms. The van der Waals surface area contributed by atoms with Gasteiger partial charge in [0.15, 0.2) is 0 Å². The molecule has 2 aliphatic rings. The third-order valence-corrected chi connectivity index (χ3v) is 6.15. The van der Waals surface area contributed by atoms with Crippen molar-refractivity contribution in [3.63, 3.8) is 0 Å². The number of likely N-dealkylation sites (N-methyl/N-ethyl adjacent to an activating group) is 1. The highest BCUT2D eigenvalue weighted by Crippen LogP contribution is 2.39. The smallest absolute Gasteiger partial charge is 0.317 e. The molecule has 2 amide bonds. The Morgan fingerprint density at radius 2 is 2.04 bits per heavy atom. The number of thioether (sulfide) groups is 1. The van der Waals surface area contributed by atoms with Crippen molar-refractivity contribution in [3.8, 4) is 0 Å². The van der Waals surface area contributed by atoms with Gasteiger partial charge in [-0.1, -0.05) is 13.8 Å². The minimum atomic E-state index is 0.115. The van der Waals surface area contributed by atoms with Crippen LogP contribution in [-0.2, 0) is 4.74 Å². The fourth-order valence-corrected chi connectivity index (χ4v) is 4.97. The van der Waals surface area contributed by atoms with Crippen LogP contribution in [0, 0.1) is 5.92 Å². The summed E-state index contributed by atoms with van der Waals surface area (Å²) in [5.41, 5.74) is 0. The van der Waals surface area contributed by atoms with Crippen molar-refractivity contribution in [3.05, 3.63) is 0 Å². The third kappa shape index (κ3) is 5.84. The van der Waals surface area contributed by atoms with Crippen LogP contribution >= 0.6 is 11.8 Å². The van der Waals surface area contributed by atoms with E-state index in [4.69, 9.17) is 4.74 Å². The molecule has 6 heteroatoms. The Hall–Kier alpha value is -0.460. The molecule has 2 fully saturated rings. The number of nitrogens with zero attached hydrogens (tertiary/aromatic N) is 2.